The molecule has 0 saturated heterocycles. The standard InChI is InChI=1S/C25H30N4O2S2/c1-14(2)10-11-32-25-27-26-24-28(17-8-6-16(5)7-9-17)22(30)21-18-12-19(15(3)4)31-13-20(18)33-23(21)29(24)25/h6-9,14-15,19H,10-13H2,1-5H3. The third kappa shape index (κ3) is 4.02. The number of thiophene rings is 1. The summed E-state index contributed by atoms with van der Waals surface area (Å²) < 4.78 is 9.96. The van der Waals surface area contributed by atoms with Crippen molar-refractivity contribution in [3.05, 3.63) is 50.6 Å². The van der Waals surface area contributed by atoms with Crippen molar-refractivity contribution < 1.29 is 4.74 Å². The van der Waals surface area contributed by atoms with Crippen molar-refractivity contribution in [3.8, 4) is 5.69 Å². The minimum absolute atomic E-state index is 0.0191. The summed E-state index contributed by atoms with van der Waals surface area (Å²) in [4.78, 5) is 16.1. The number of benzene rings is 1. The number of aryl methyl sites for hydroxylation is 1. The zero-order chi connectivity index (χ0) is 23.3. The Morgan fingerprint density at radius 3 is 2.64 bits per heavy atom. The van der Waals surface area contributed by atoms with Crippen LogP contribution in [0.5, 0.6) is 0 Å². The molecule has 3 aromatic heterocycles. The van der Waals surface area contributed by atoms with Crippen LogP contribution in [0.3, 0.4) is 0 Å². The van der Waals surface area contributed by atoms with E-state index in [9.17, 15) is 4.79 Å². The van der Waals surface area contributed by atoms with Crippen LogP contribution in [0.2, 0.25) is 0 Å². The second kappa shape index (κ2) is 8.89. The Morgan fingerprint density at radius 2 is 1.94 bits per heavy atom. The normalized spacial score (nSPS) is 16.4. The van der Waals surface area contributed by atoms with Gasteiger partial charge in [0.05, 0.1) is 23.8 Å². The third-order valence-electron chi connectivity index (χ3n) is 6.30. The van der Waals surface area contributed by atoms with Gasteiger partial charge >= 0.3 is 0 Å². The number of rotatable bonds is 6. The summed E-state index contributed by atoms with van der Waals surface area (Å²) in [5.74, 6) is 2.56. The van der Waals surface area contributed by atoms with Gasteiger partial charge in [0.2, 0.25) is 5.78 Å². The van der Waals surface area contributed by atoms with Crippen molar-refractivity contribution >= 4 is 39.1 Å². The zero-order valence-corrected chi connectivity index (χ0v) is 21.4. The number of fused-ring (bicyclic) bond motifs is 5. The molecule has 0 N–H and O–H groups in total. The van der Waals surface area contributed by atoms with Gasteiger partial charge in [0.1, 0.15) is 4.83 Å². The molecule has 1 aliphatic heterocycles. The van der Waals surface area contributed by atoms with Crippen molar-refractivity contribution in [2.45, 2.75) is 65.3 Å². The second-order valence-corrected chi connectivity index (χ2v) is 11.8. The number of hydrogen-bond donors (Lipinski definition) is 0. The molecule has 174 valence electrons. The molecule has 1 atom stereocenters. The van der Waals surface area contributed by atoms with Crippen molar-refractivity contribution in [2.75, 3.05) is 5.75 Å². The molecule has 6 nitrogen and oxygen atoms in total. The fourth-order valence-corrected chi connectivity index (χ4v) is 6.74. The van der Waals surface area contributed by atoms with Crippen LogP contribution in [0.4, 0.5) is 0 Å². The summed E-state index contributed by atoms with van der Waals surface area (Å²) >= 11 is 3.37. The van der Waals surface area contributed by atoms with Gasteiger partial charge in [-0.1, -0.05) is 57.2 Å². The van der Waals surface area contributed by atoms with Gasteiger partial charge in [-0.25, -0.2) is 8.97 Å². The quantitative estimate of drug-likeness (QED) is 0.333. The summed E-state index contributed by atoms with van der Waals surface area (Å²) in [6.45, 7) is 11.4. The van der Waals surface area contributed by atoms with E-state index in [2.05, 4.69) is 42.3 Å². The molecule has 8 heteroatoms. The molecule has 0 aliphatic carbocycles. The highest BCUT2D eigenvalue weighted by Crippen LogP contribution is 2.37. The molecule has 0 spiro atoms. The first-order valence-electron chi connectivity index (χ1n) is 11.6. The summed E-state index contributed by atoms with van der Waals surface area (Å²) in [5.41, 5.74) is 3.09. The van der Waals surface area contributed by atoms with E-state index in [1.54, 1.807) is 27.7 Å². The van der Waals surface area contributed by atoms with E-state index in [1.807, 2.05) is 31.2 Å². The van der Waals surface area contributed by atoms with Crippen LogP contribution in [0.1, 0.15) is 50.1 Å². The van der Waals surface area contributed by atoms with Crippen LogP contribution >= 0.6 is 23.1 Å². The molecule has 1 aliphatic rings. The number of nitrogens with zero attached hydrogens (tertiary/aromatic N) is 4. The first kappa shape index (κ1) is 22.6. The topological polar surface area (TPSA) is 61.4 Å². The molecular weight excluding hydrogens is 452 g/mol. The van der Waals surface area contributed by atoms with Gasteiger partial charge in [0.15, 0.2) is 5.16 Å². The van der Waals surface area contributed by atoms with E-state index in [0.717, 1.165) is 55.7 Å². The van der Waals surface area contributed by atoms with Crippen LogP contribution < -0.4 is 5.56 Å². The molecule has 4 heterocycles. The number of thioether (sulfide) groups is 1. The van der Waals surface area contributed by atoms with E-state index in [4.69, 9.17) is 4.74 Å². The van der Waals surface area contributed by atoms with Crippen LogP contribution in [-0.4, -0.2) is 31.0 Å². The van der Waals surface area contributed by atoms with Gasteiger partial charge < -0.3 is 4.74 Å². The molecular formula is C25H30N4O2S2. The highest BCUT2D eigenvalue weighted by molar-refractivity contribution is 7.99. The summed E-state index contributed by atoms with van der Waals surface area (Å²) in [5, 5.41) is 10.7. The lowest BCUT2D eigenvalue weighted by molar-refractivity contribution is 0.00200. The predicted octanol–water partition coefficient (Wildman–Crippen LogP) is 5.64. The van der Waals surface area contributed by atoms with Gasteiger partial charge in [-0.3, -0.25) is 4.79 Å². The average Bonchev–Trinajstić information content (AvgIpc) is 3.36. The van der Waals surface area contributed by atoms with Crippen molar-refractivity contribution in [2.24, 2.45) is 11.8 Å². The molecule has 0 saturated carbocycles. The Morgan fingerprint density at radius 1 is 1.18 bits per heavy atom. The summed E-state index contributed by atoms with van der Waals surface area (Å²) in [6, 6.07) is 8.04. The fraction of sp³-hybridized carbons (Fsp3) is 0.480. The maximum absolute atomic E-state index is 14.0. The molecule has 1 aromatic carbocycles. The molecule has 1 unspecified atom stereocenters. The molecule has 0 fully saturated rings. The predicted molar refractivity (Wildman–Crippen MR) is 136 cm³/mol. The molecule has 5 rings (SSSR count). The molecule has 0 amide bonds. The van der Waals surface area contributed by atoms with Gasteiger partial charge in [0, 0.05) is 17.1 Å². The Kier molecular flexibility index (Phi) is 6.09. The van der Waals surface area contributed by atoms with Crippen molar-refractivity contribution in [3.63, 3.8) is 0 Å². The number of ether oxygens (including phenoxy) is 1. The first-order chi connectivity index (χ1) is 15.8. The van der Waals surface area contributed by atoms with E-state index < -0.39 is 0 Å². The van der Waals surface area contributed by atoms with E-state index in [1.165, 1.54) is 0 Å². The SMILES string of the molecule is Cc1ccc(-n2c(=O)c3c4c(sc3n3c(SCCC(C)C)nnc23)COC(C(C)C)C4)cc1. The first-order valence-corrected chi connectivity index (χ1v) is 13.4. The highest BCUT2D eigenvalue weighted by atomic mass is 32.2. The lowest BCUT2D eigenvalue weighted by Gasteiger charge is -2.26. The van der Waals surface area contributed by atoms with Gasteiger partial charge in [-0.15, -0.1) is 21.5 Å². The zero-order valence-electron chi connectivity index (χ0n) is 19.8. The van der Waals surface area contributed by atoms with E-state index in [-0.39, 0.29) is 11.7 Å². The van der Waals surface area contributed by atoms with Gasteiger partial charge in [0.25, 0.3) is 5.56 Å². The molecule has 4 aromatic rings. The minimum Gasteiger partial charge on any atom is -0.372 e. The Balaban J connectivity index is 1.77. The van der Waals surface area contributed by atoms with Crippen LogP contribution in [0.25, 0.3) is 21.7 Å². The largest absolute Gasteiger partial charge is 0.372 e. The smallest absolute Gasteiger partial charge is 0.268 e. The highest BCUT2D eigenvalue weighted by Gasteiger charge is 2.30. The summed E-state index contributed by atoms with van der Waals surface area (Å²) in [7, 11) is 0. The monoisotopic (exact) mass is 482 g/mol. The second-order valence-electron chi connectivity index (χ2n) is 9.61. The Labute approximate surface area is 202 Å². The maximum atomic E-state index is 14.0. The van der Waals surface area contributed by atoms with Crippen LogP contribution in [0, 0.1) is 18.8 Å². The fourth-order valence-electron chi connectivity index (χ4n) is 4.27. The number of hydrogen-bond acceptors (Lipinski definition) is 6. The van der Waals surface area contributed by atoms with E-state index >= 15 is 0 Å². The Hall–Kier alpha value is -2.16. The molecule has 33 heavy (non-hydrogen) atoms. The summed E-state index contributed by atoms with van der Waals surface area (Å²) in [6.07, 6.45) is 1.99. The number of aromatic nitrogens is 4. The lowest BCUT2D eigenvalue weighted by atomic mass is 9.96. The Bertz CT molecular complexity index is 1370. The third-order valence-corrected chi connectivity index (χ3v) is 8.46. The van der Waals surface area contributed by atoms with Crippen LogP contribution in [0.15, 0.2) is 34.2 Å². The average molecular weight is 483 g/mol. The van der Waals surface area contributed by atoms with Crippen molar-refractivity contribution in [1.29, 1.82) is 0 Å². The minimum atomic E-state index is -0.0191. The van der Waals surface area contributed by atoms with Crippen LogP contribution in [-0.2, 0) is 17.8 Å². The van der Waals surface area contributed by atoms with Gasteiger partial charge in [-0.05, 0) is 42.9 Å². The maximum Gasteiger partial charge on any atom is 0.268 e. The molecule has 0 radical (unpaired) electrons. The lowest BCUT2D eigenvalue weighted by Crippen LogP contribution is -2.28. The van der Waals surface area contributed by atoms with E-state index in [0.29, 0.717) is 24.2 Å². The van der Waals surface area contributed by atoms with Gasteiger partial charge in [-0.2, -0.15) is 0 Å². The van der Waals surface area contributed by atoms with Crippen molar-refractivity contribution in [1.82, 2.24) is 19.2 Å². The molecule has 0 bridgehead atoms.